The minimum Gasteiger partial charge on any atom is -0.311 e. The highest BCUT2D eigenvalue weighted by molar-refractivity contribution is 5.85. The minimum absolute atomic E-state index is 0. The lowest BCUT2D eigenvalue weighted by Gasteiger charge is -2.04. The summed E-state index contributed by atoms with van der Waals surface area (Å²) in [7, 11) is 1.98. The first-order valence-corrected chi connectivity index (χ1v) is 5.02. The molecule has 82 valence electrons. The monoisotopic (exact) mass is 217 g/mol. The molecule has 0 aliphatic heterocycles. The third-order valence-electron chi connectivity index (χ3n) is 2.19. The predicted octanol–water partition coefficient (Wildman–Crippen LogP) is 2.12. The normalized spacial score (nSPS) is 9.86. The predicted molar refractivity (Wildman–Crippen MR) is 61.7 cm³/mol. The third kappa shape index (κ3) is 4.63. The first-order chi connectivity index (χ1) is 6.34. The van der Waals surface area contributed by atoms with Gasteiger partial charge in [0.2, 0.25) is 0 Å². The SMILES string of the molecule is CCCCCNCc1ccnn1C.Cl. The van der Waals surface area contributed by atoms with E-state index in [0.717, 1.165) is 13.1 Å². The number of aromatic nitrogens is 2. The molecule has 0 radical (unpaired) electrons. The molecule has 0 bridgehead atoms. The Morgan fingerprint density at radius 2 is 2.21 bits per heavy atom. The third-order valence-corrected chi connectivity index (χ3v) is 2.19. The second-order valence-electron chi connectivity index (χ2n) is 3.33. The van der Waals surface area contributed by atoms with Crippen LogP contribution in [0.25, 0.3) is 0 Å². The molecule has 0 saturated heterocycles. The van der Waals surface area contributed by atoms with Gasteiger partial charge >= 0.3 is 0 Å². The maximum atomic E-state index is 4.11. The van der Waals surface area contributed by atoms with Crippen molar-refractivity contribution in [3.8, 4) is 0 Å². The van der Waals surface area contributed by atoms with Gasteiger partial charge in [-0.25, -0.2) is 0 Å². The van der Waals surface area contributed by atoms with Crippen LogP contribution in [0.2, 0.25) is 0 Å². The van der Waals surface area contributed by atoms with Crippen LogP contribution < -0.4 is 5.32 Å². The number of hydrogen-bond donors (Lipinski definition) is 1. The maximum absolute atomic E-state index is 4.11. The molecule has 1 rings (SSSR count). The Balaban J connectivity index is 0.00000169. The fourth-order valence-corrected chi connectivity index (χ4v) is 1.29. The van der Waals surface area contributed by atoms with Gasteiger partial charge in [0.05, 0.1) is 5.69 Å². The summed E-state index contributed by atoms with van der Waals surface area (Å²) in [6.07, 6.45) is 5.71. The van der Waals surface area contributed by atoms with Gasteiger partial charge in [0.1, 0.15) is 0 Å². The van der Waals surface area contributed by atoms with E-state index in [1.165, 1.54) is 25.0 Å². The Bertz CT molecular complexity index is 235. The quantitative estimate of drug-likeness (QED) is 0.740. The average Bonchev–Trinajstić information content (AvgIpc) is 2.52. The van der Waals surface area contributed by atoms with E-state index in [9.17, 15) is 0 Å². The van der Waals surface area contributed by atoms with Gasteiger partial charge in [-0.15, -0.1) is 12.4 Å². The van der Waals surface area contributed by atoms with Crippen molar-refractivity contribution in [1.82, 2.24) is 15.1 Å². The number of rotatable bonds is 6. The summed E-state index contributed by atoms with van der Waals surface area (Å²) < 4.78 is 1.91. The van der Waals surface area contributed by atoms with Crippen LogP contribution in [0.5, 0.6) is 0 Å². The lowest BCUT2D eigenvalue weighted by molar-refractivity contribution is 0.588. The topological polar surface area (TPSA) is 29.9 Å². The van der Waals surface area contributed by atoms with E-state index in [2.05, 4.69) is 17.3 Å². The van der Waals surface area contributed by atoms with Gasteiger partial charge in [-0.3, -0.25) is 4.68 Å². The largest absolute Gasteiger partial charge is 0.311 e. The van der Waals surface area contributed by atoms with E-state index in [-0.39, 0.29) is 12.4 Å². The van der Waals surface area contributed by atoms with Crippen molar-refractivity contribution in [3.05, 3.63) is 18.0 Å². The highest BCUT2D eigenvalue weighted by Crippen LogP contribution is 1.96. The number of hydrogen-bond acceptors (Lipinski definition) is 2. The van der Waals surface area contributed by atoms with E-state index in [4.69, 9.17) is 0 Å². The van der Waals surface area contributed by atoms with Gasteiger partial charge in [-0.05, 0) is 19.0 Å². The zero-order valence-electron chi connectivity index (χ0n) is 8.99. The molecule has 3 nitrogen and oxygen atoms in total. The second-order valence-corrected chi connectivity index (χ2v) is 3.33. The lowest BCUT2D eigenvalue weighted by atomic mass is 10.2. The van der Waals surface area contributed by atoms with E-state index in [0.29, 0.717) is 0 Å². The molecule has 0 amide bonds. The summed E-state index contributed by atoms with van der Waals surface area (Å²) in [5.74, 6) is 0. The number of unbranched alkanes of at least 4 members (excludes halogenated alkanes) is 2. The van der Waals surface area contributed by atoms with Gasteiger partial charge in [-0.2, -0.15) is 5.10 Å². The summed E-state index contributed by atoms with van der Waals surface area (Å²) in [5, 5.41) is 7.51. The molecule has 1 heterocycles. The van der Waals surface area contributed by atoms with Crippen molar-refractivity contribution in [1.29, 1.82) is 0 Å². The molecule has 0 spiro atoms. The fourth-order valence-electron chi connectivity index (χ4n) is 1.29. The Hall–Kier alpha value is -0.540. The molecule has 0 atom stereocenters. The molecule has 1 aromatic rings. The smallest absolute Gasteiger partial charge is 0.0518 e. The van der Waals surface area contributed by atoms with Crippen LogP contribution in [0.1, 0.15) is 31.9 Å². The molecule has 0 saturated carbocycles. The van der Waals surface area contributed by atoms with Crippen LogP contribution in [0.15, 0.2) is 12.3 Å². The molecule has 0 aliphatic rings. The van der Waals surface area contributed by atoms with Crippen LogP contribution >= 0.6 is 12.4 Å². The molecule has 1 aromatic heterocycles. The molecule has 14 heavy (non-hydrogen) atoms. The molecular formula is C10H20ClN3. The van der Waals surface area contributed by atoms with Crippen molar-refractivity contribution < 1.29 is 0 Å². The van der Waals surface area contributed by atoms with Crippen LogP contribution in [0, 0.1) is 0 Å². The van der Waals surface area contributed by atoms with Crippen molar-refractivity contribution in [3.63, 3.8) is 0 Å². The Kier molecular flexibility index (Phi) is 7.52. The average molecular weight is 218 g/mol. The van der Waals surface area contributed by atoms with E-state index in [1.54, 1.807) is 0 Å². The maximum Gasteiger partial charge on any atom is 0.0518 e. The van der Waals surface area contributed by atoms with E-state index >= 15 is 0 Å². The molecule has 0 aromatic carbocycles. The van der Waals surface area contributed by atoms with Crippen LogP contribution in [0.3, 0.4) is 0 Å². The van der Waals surface area contributed by atoms with Gasteiger partial charge in [0, 0.05) is 19.8 Å². The first kappa shape index (κ1) is 13.5. The molecule has 4 heteroatoms. The zero-order valence-corrected chi connectivity index (χ0v) is 9.81. The summed E-state index contributed by atoms with van der Waals surface area (Å²) in [4.78, 5) is 0. The van der Waals surface area contributed by atoms with Crippen molar-refractivity contribution >= 4 is 12.4 Å². The Morgan fingerprint density at radius 3 is 2.79 bits per heavy atom. The number of nitrogens with one attached hydrogen (secondary N) is 1. The zero-order chi connectivity index (χ0) is 9.52. The van der Waals surface area contributed by atoms with Gasteiger partial charge in [-0.1, -0.05) is 19.8 Å². The molecule has 1 N–H and O–H groups in total. The van der Waals surface area contributed by atoms with Crippen molar-refractivity contribution in [2.24, 2.45) is 7.05 Å². The van der Waals surface area contributed by atoms with E-state index < -0.39 is 0 Å². The number of aryl methyl sites for hydroxylation is 1. The number of nitrogens with zero attached hydrogens (tertiary/aromatic N) is 2. The second kappa shape index (κ2) is 7.83. The van der Waals surface area contributed by atoms with Crippen molar-refractivity contribution in [2.75, 3.05) is 6.54 Å². The summed E-state index contributed by atoms with van der Waals surface area (Å²) >= 11 is 0. The lowest BCUT2D eigenvalue weighted by Crippen LogP contribution is -2.16. The molecule has 0 unspecified atom stereocenters. The van der Waals surface area contributed by atoms with Gasteiger partial charge in [0.25, 0.3) is 0 Å². The summed E-state index contributed by atoms with van der Waals surface area (Å²) in [5.41, 5.74) is 1.25. The molecule has 0 aliphatic carbocycles. The summed E-state index contributed by atoms with van der Waals surface area (Å²) in [6, 6.07) is 2.05. The fraction of sp³-hybridized carbons (Fsp3) is 0.700. The number of halogens is 1. The minimum atomic E-state index is 0. The Labute approximate surface area is 92.3 Å². The van der Waals surface area contributed by atoms with E-state index in [1.807, 2.05) is 24.0 Å². The van der Waals surface area contributed by atoms with Crippen LogP contribution in [-0.2, 0) is 13.6 Å². The highest BCUT2D eigenvalue weighted by atomic mass is 35.5. The molecular weight excluding hydrogens is 198 g/mol. The molecule has 0 fully saturated rings. The Morgan fingerprint density at radius 1 is 1.43 bits per heavy atom. The summed E-state index contributed by atoms with van der Waals surface area (Å²) in [6.45, 7) is 4.26. The van der Waals surface area contributed by atoms with Gasteiger partial charge < -0.3 is 5.32 Å². The van der Waals surface area contributed by atoms with Gasteiger partial charge in [0.15, 0.2) is 0 Å². The van der Waals surface area contributed by atoms with Crippen molar-refractivity contribution in [2.45, 2.75) is 32.7 Å². The first-order valence-electron chi connectivity index (χ1n) is 5.02. The standard InChI is InChI=1S/C10H19N3.ClH/c1-3-4-5-7-11-9-10-6-8-12-13(10)2;/h6,8,11H,3-5,7,9H2,1-2H3;1H. The van der Waals surface area contributed by atoms with Crippen LogP contribution in [0.4, 0.5) is 0 Å². The highest BCUT2D eigenvalue weighted by Gasteiger charge is 1.95. The van der Waals surface area contributed by atoms with Crippen LogP contribution in [-0.4, -0.2) is 16.3 Å².